The minimum atomic E-state index is -0.488. The van der Waals surface area contributed by atoms with Crippen molar-refractivity contribution in [2.75, 3.05) is 24.7 Å². The Morgan fingerprint density at radius 3 is 2.81 bits per heavy atom. The molecule has 1 aromatic carbocycles. The number of hydrogen-bond donors (Lipinski definition) is 2. The van der Waals surface area contributed by atoms with Gasteiger partial charge in [0.05, 0.1) is 12.0 Å². The number of pyridine rings is 1. The van der Waals surface area contributed by atoms with Crippen LogP contribution in [0.5, 0.6) is 5.75 Å². The highest BCUT2D eigenvalue weighted by Gasteiger charge is 2.15. The summed E-state index contributed by atoms with van der Waals surface area (Å²) in [6.45, 7) is 0.484. The van der Waals surface area contributed by atoms with Crippen molar-refractivity contribution in [3.8, 4) is 5.75 Å². The van der Waals surface area contributed by atoms with E-state index in [2.05, 4.69) is 10.3 Å². The summed E-state index contributed by atoms with van der Waals surface area (Å²) in [6, 6.07) is 10.4. The fourth-order valence-corrected chi connectivity index (χ4v) is 1.97. The van der Waals surface area contributed by atoms with E-state index < -0.39 is 4.92 Å². The SMILES string of the molecule is COc1ccccc1CCNc1nc(N)ccc1[N+](=O)[O-]. The van der Waals surface area contributed by atoms with Gasteiger partial charge in [-0.1, -0.05) is 18.2 Å². The van der Waals surface area contributed by atoms with Gasteiger partial charge in [0, 0.05) is 12.6 Å². The van der Waals surface area contributed by atoms with E-state index in [1.54, 1.807) is 7.11 Å². The molecule has 0 fully saturated rings. The van der Waals surface area contributed by atoms with Crippen LogP contribution in [0.1, 0.15) is 5.56 Å². The van der Waals surface area contributed by atoms with Crippen LogP contribution in [0, 0.1) is 10.1 Å². The number of anilines is 2. The topological polar surface area (TPSA) is 103 Å². The predicted octanol–water partition coefficient (Wildman–Crippen LogP) is 2.24. The van der Waals surface area contributed by atoms with Crippen LogP contribution in [0.25, 0.3) is 0 Å². The summed E-state index contributed by atoms with van der Waals surface area (Å²) >= 11 is 0. The van der Waals surface area contributed by atoms with Crippen LogP contribution >= 0.6 is 0 Å². The number of nitrogens with zero attached hydrogens (tertiary/aromatic N) is 2. The molecule has 2 rings (SSSR count). The van der Waals surface area contributed by atoms with Gasteiger partial charge < -0.3 is 15.8 Å². The molecular weight excluding hydrogens is 272 g/mol. The predicted molar refractivity (Wildman–Crippen MR) is 80.5 cm³/mol. The number of nitrogens with two attached hydrogens (primary N) is 1. The van der Waals surface area contributed by atoms with Gasteiger partial charge in [-0.25, -0.2) is 4.98 Å². The number of methoxy groups -OCH3 is 1. The Morgan fingerprint density at radius 1 is 1.33 bits per heavy atom. The molecule has 0 aliphatic rings. The van der Waals surface area contributed by atoms with Crippen LogP contribution < -0.4 is 15.8 Å². The zero-order valence-corrected chi connectivity index (χ0v) is 11.6. The van der Waals surface area contributed by atoms with Gasteiger partial charge in [-0.15, -0.1) is 0 Å². The van der Waals surface area contributed by atoms with Crippen LogP contribution in [0.4, 0.5) is 17.3 Å². The Balaban J connectivity index is 2.07. The van der Waals surface area contributed by atoms with Gasteiger partial charge in [0.2, 0.25) is 5.82 Å². The van der Waals surface area contributed by atoms with Crippen LogP contribution in [0.15, 0.2) is 36.4 Å². The normalized spacial score (nSPS) is 10.1. The maximum absolute atomic E-state index is 10.9. The highest BCUT2D eigenvalue weighted by atomic mass is 16.6. The maximum Gasteiger partial charge on any atom is 0.311 e. The summed E-state index contributed by atoms with van der Waals surface area (Å²) in [5.41, 5.74) is 6.48. The van der Waals surface area contributed by atoms with Gasteiger partial charge in [0.25, 0.3) is 0 Å². The Bertz CT molecular complexity index is 646. The van der Waals surface area contributed by atoms with E-state index in [0.717, 1.165) is 11.3 Å². The number of hydrogen-bond acceptors (Lipinski definition) is 6. The second-order valence-electron chi connectivity index (χ2n) is 4.35. The molecule has 0 spiro atoms. The molecule has 1 heterocycles. The molecule has 0 aliphatic carbocycles. The lowest BCUT2D eigenvalue weighted by atomic mass is 10.1. The Kier molecular flexibility index (Phi) is 4.55. The van der Waals surface area contributed by atoms with Gasteiger partial charge >= 0.3 is 5.69 Å². The lowest BCUT2D eigenvalue weighted by molar-refractivity contribution is -0.384. The van der Waals surface area contributed by atoms with E-state index in [9.17, 15) is 10.1 Å². The van der Waals surface area contributed by atoms with Gasteiger partial charge in [-0.05, 0) is 24.1 Å². The summed E-state index contributed by atoms with van der Waals surface area (Å²) in [5.74, 6) is 1.20. The molecular formula is C14H16N4O3. The smallest absolute Gasteiger partial charge is 0.311 e. The molecule has 3 N–H and O–H groups in total. The largest absolute Gasteiger partial charge is 0.496 e. The van der Waals surface area contributed by atoms with Crippen molar-refractivity contribution >= 4 is 17.3 Å². The highest BCUT2D eigenvalue weighted by Crippen LogP contribution is 2.23. The summed E-state index contributed by atoms with van der Waals surface area (Å²) in [4.78, 5) is 14.4. The molecule has 0 unspecified atom stereocenters. The Hall–Kier alpha value is -2.83. The maximum atomic E-state index is 10.9. The van der Waals surface area contributed by atoms with Gasteiger partial charge in [0.1, 0.15) is 11.6 Å². The number of ether oxygens (including phenoxy) is 1. The molecule has 2 aromatic rings. The van der Waals surface area contributed by atoms with Gasteiger partial charge in [0.15, 0.2) is 0 Å². The standard InChI is InChI=1S/C14H16N4O3/c1-21-12-5-3-2-4-10(12)8-9-16-14-11(18(19)20)6-7-13(15)17-14/h2-7H,8-9H2,1H3,(H3,15,16,17). The molecule has 0 saturated heterocycles. The number of benzene rings is 1. The van der Waals surface area contributed by atoms with E-state index in [1.807, 2.05) is 24.3 Å². The van der Waals surface area contributed by atoms with E-state index in [0.29, 0.717) is 13.0 Å². The summed E-state index contributed by atoms with van der Waals surface area (Å²) in [6.07, 6.45) is 0.650. The van der Waals surface area contributed by atoms with E-state index in [-0.39, 0.29) is 17.3 Å². The molecule has 21 heavy (non-hydrogen) atoms. The molecule has 7 nitrogen and oxygen atoms in total. The monoisotopic (exact) mass is 288 g/mol. The van der Waals surface area contributed by atoms with Crippen molar-refractivity contribution in [2.24, 2.45) is 0 Å². The Morgan fingerprint density at radius 2 is 2.10 bits per heavy atom. The third kappa shape index (κ3) is 3.59. The second kappa shape index (κ2) is 6.56. The first-order chi connectivity index (χ1) is 10.1. The summed E-state index contributed by atoms with van der Waals surface area (Å²) in [7, 11) is 1.61. The molecule has 1 aromatic heterocycles. The van der Waals surface area contributed by atoms with Gasteiger partial charge in [-0.2, -0.15) is 0 Å². The van der Waals surface area contributed by atoms with Crippen molar-refractivity contribution in [1.82, 2.24) is 4.98 Å². The number of nitrogen functional groups attached to an aromatic ring is 1. The fraction of sp³-hybridized carbons (Fsp3) is 0.214. The van der Waals surface area contributed by atoms with Crippen molar-refractivity contribution in [3.63, 3.8) is 0 Å². The van der Waals surface area contributed by atoms with Crippen LogP contribution in [-0.4, -0.2) is 23.6 Å². The molecule has 0 radical (unpaired) electrons. The zero-order chi connectivity index (χ0) is 15.2. The fourth-order valence-electron chi connectivity index (χ4n) is 1.97. The first-order valence-corrected chi connectivity index (χ1v) is 6.38. The molecule has 0 amide bonds. The van der Waals surface area contributed by atoms with Crippen LogP contribution in [0.3, 0.4) is 0 Å². The summed E-state index contributed by atoms with van der Waals surface area (Å²) < 4.78 is 5.26. The minimum Gasteiger partial charge on any atom is -0.496 e. The molecule has 7 heteroatoms. The van der Waals surface area contributed by atoms with Crippen molar-refractivity contribution in [2.45, 2.75) is 6.42 Å². The lowest BCUT2D eigenvalue weighted by Gasteiger charge is -2.09. The quantitative estimate of drug-likeness (QED) is 0.624. The van der Waals surface area contributed by atoms with Crippen LogP contribution in [0.2, 0.25) is 0 Å². The van der Waals surface area contributed by atoms with Crippen molar-refractivity contribution in [3.05, 3.63) is 52.1 Å². The second-order valence-corrected chi connectivity index (χ2v) is 4.35. The molecule has 0 atom stereocenters. The average Bonchev–Trinajstić information content (AvgIpc) is 2.47. The van der Waals surface area contributed by atoms with Crippen molar-refractivity contribution in [1.29, 1.82) is 0 Å². The lowest BCUT2D eigenvalue weighted by Crippen LogP contribution is -2.10. The molecule has 0 bridgehead atoms. The number of rotatable bonds is 6. The van der Waals surface area contributed by atoms with E-state index in [4.69, 9.17) is 10.5 Å². The number of nitrogens with one attached hydrogen (secondary N) is 1. The summed E-state index contributed by atoms with van der Waals surface area (Å²) in [5, 5.41) is 13.9. The number of aromatic nitrogens is 1. The van der Waals surface area contributed by atoms with Crippen molar-refractivity contribution < 1.29 is 9.66 Å². The highest BCUT2D eigenvalue weighted by molar-refractivity contribution is 5.59. The average molecular weight is 288 g/mol. The minimum absolute atomic E-state index is 0.0933. The molecule has 110 valence electrons. The van der Waals surface area contributed by atoms with Gasteiger partial charge in [-0.3, -0.25) is 10.1 Å². The molecule has 0 saturated carbocycles. The first-order valence-electron chi connectivity index (χ1n) is 6.38. The number of nitro groups is 1. The molecule has 0 aliphatic heterocycles. The third-order valence-corrected chi connectivity index (χ3v) is 2.97. The van der Waals surface area contributed by atoms with E-state index >= 15 is 0 Å². The van der Waals surface area contributed by atoms with Crippen LogP contribution in [-0.2, 0) is 6.42 Å². The first kappa shape index (κ1) is 14.6. The Labute approximate surface area is 121 Å². The van der Waals surface area contributed by atoms with E-state index in [1.165, 1.54) is 12.1 Å². The third-order valence-electron chi connectivity index (χ3n) is 2.97. The number of para-hydroxylation sites is 1. The zero-order valence-electron chi connectivity index (χ0n) is 11.6.